The molecule has 0 bridgehead atoms. The Bertz CT molecular complexity index is 863. The molecule has 142 valence electrons. The second-order valence-corrected chi connectivity index (χ2v) is 7.30. The molecule has 1 aliphatic rings. The van der Waals surface area contributed by atoms with Gasteiger partial charge in [-0.2, -0.15) is 0 Å². The number of para-hydroxylation sites is 1. The third-order valence-electron chi connectivity index (χ3n) is 5.31. The fourth-order valence-electron chi connectivity index (χ4n) is 3.86. The molecule has 1 N–H and O–H groups in total. The molecule has 0 radical (unpaired) electrons. The fourth-order valence-corrected chi connectivity index (χ4v) is 3.86. The average molecular weight is 366 g/mol. The van der Waals surface area contributed by atoms with Gasteiger partial charge in [-0.05, 0) is 63.0 Å². The number of aliphatic hydroxyl groups excluding tert-OH is 1. The summed E-state index contributed by atoms with van der Waals surface area (Å²) >= 11 is 0. The SMILES string of the molecule is Cc1ccc(CN2CCC(Cc3nnc(CO)n3-c3ccccc3)CC2)o1. The molecule has 0 unspecified atom stereocenters. The maximum atomic E-state index is 9.64. The van der Waals surface area contributed by atoms with Gasteiger partial charge in [0.15, 0.2) is 5.82 Å². The number of hydrogen-bond donors (Lipinski definition) is 1. The lowest BCUT2D eigenvalue weighted by Gasteiger charge is -2.31. The number of benzene rings is 1. The number of aromatic nitrogens is 3. The van der Waals surface area contributed by atoms with Gasteiger partial charge in [-0.15, -0.1) is 10.2 Å². The normalized spacial score (nSPS) is 16.1. The van der Waals surface area contributed by atoms with Crippen molar-refractivity contribution in [2.24, 2.45) is 5.92 Å². The van der Waals surface area contributed by atoms with Crippen molar-refractivity contribution in [1.82, 2.24) is 19.7 Å². The molecule has 0 spiro atoms. The molecule has 1 saturated heterocycles. The zero-order valence-electron chi connectivity index (χ0n) is 15.7. The second-order valence-electron chi connectivity index (χ2n) is 7.30. The molecule has 27 heavy (non-hydrogen) atoms. The highest BCUT2D eigenvalue weighted by molar-refractivity contribution is 5.34. The van der Waals surface area contributed by atoms with E-state index in [0.29, 0.717) is 11.7 Å². The minimum atomic E-state index is -0.108. The first-order valence-corrected chi connectivity index (χ1v) is 9.60. The lowest BCUT2D eigenvalue weighted by molar-refractivity contribution is 0.164. The standard InChI is InChI=1S/C21H26N4O2/c1-16-7-8-19(27-16)14-24-11-9-17(10-12-24)13-20-22-23-21(15-26)25(20)18-5-3-2-4-6-18/h2-8,17,26H,9-15H2,1H3. The van der Waals surface area contributed by atoms with E-state index in [1.54, 1.807) is 0 Å². The molecule has 0 saturated carbocycles. The number of hydrogen-bond acceptors (Lipinski definition) is 5. The first kappa shape index (κ1) is 17.9. The zero-order valence-corrected chi connectivity index (χ0v) is 15.7. The summed E-state index contributed by atoms with van der Waals surface area (Å²) in [6.45, 7) is 4.89. The number of aryl methyl sites for hydroxylation is 1. The van der Waals surface area contributed by atoms with Crippen molar-refractivity contribution in [2.45, 2.75) is 39.3 Å². The molecule has 3 aromatic rings. The van der Waals surface area contributed by atoms with Gasteiger partial charge in [0.2, 0.25) is 0 Å². The van der Waals surface area contributed by atoms with E-state index in [1.807, 2.05) is 47.9 Å². The number of nitrogens with zero attached hydrogens (tertiary/aromatic N) is 4. The Labute approximate surface area is 159 Å². The maximum Gasteiger partial charge on any atom is 0.163 e. The largest absolute Gasteiger partial charge is 0.465 e. The molecule has 0 aliphatic carbocycles. The molecule has 0 amide bonds. The molecule has 4 rings (SSSR count). The topological polar surface area (TPSA) is 67.3 Å². The summed E-state index contributed by atoms with van der Waals surface area (Å²) in [5.74, 6) is 4.13. The lowest BCUT2D eigenvalue weighted by Crippen LogP contribution is -2.34. The van der Waals surface area contributed by atoms with Crippen LogP contribution in [0.5, 0.6) is 0 Å². The predicted octanol–water partition coefficient (Wildman–Crippen LogP) is 3.12. The third-order valence-corrected chi connectivity index (χ3v) is 5.31. The van der Waals surface area contributed by atoms with E-state index >= 15 is 0 Å². The second kappa shape index (κ2) is 8.06. The summed E-state index contributed by atoms with van der Waals surface area (Å²) in [5.41, 5.74) is 1.01. The predicted molar refractivity (Wildman–Crippen MR) is 102 cm³/mol. The van der Waals surface area contributed by atoms with Gasteiger partial charge in [0, 0.05) is 12.1 Å². The summed E-state index contributed by atoms with van der Waals surface area (Å²) in [5, 5.41) is 18.2. The summed E-state index contributed by atoms with van der Waals surface area (Å²) in [7, 11) is 0. The highest BCUT2D eigenvalue weighted by Gasteiger charge is 2.23. The Hall–Kier alpha value is -2.44. The molecule has 3 heterocycles. The highest BCUT2D eigenvalue weighted by atomic mass is 16.3. The molecular weight excluding hydrogens is 340 g/mol. The van der Waals surface area contributed by atoms with Crippen molar-refractivity contribution in [3.8, 4) is 5.69 Å². The summed E-state index contributed by atoms with van der Waals surface area (Å²) < 4.78 is 7.70. The highest BCUT2D eigenvalue weighted by Crippen LogP contribution is 2.24. The van der Waals surface area contributed by atoms with E-state index in [9.17, 15) is 5.11 Å². The van der Waals surface area contributed by atoms with Crippen molar-refractivity contribution < 1.29 is 9.52 Å². The first-order chi connectivity index (χ1) is 13.2. The molecular formula is C21H26N4O2. The quantitative estimate of drug-likeness (QED) is 0.726. The molecule has 6 nitrogen and oxygen atoms in total. The molecule has 0 atom stereocenters. The summed E-state index contributed by atoms with van der Waals surface area (Å²) in [6, 6.07) is 14.1. The van der Waals surface area contributed by atoms with Crippen LogP contribution in [0.4, 0.5) is 0 Å². The molecule has 2 aromatic heterocycles. The van der Waals surface area contributed by atoms with Crippen molar-refractivity contribution in [3.05, 3.63) is 65.6 Å². The maximum absolute atomic E-state index is 9.64. The third kappa shape index (κ3) is 4.12. The Balaban J connectivity index is 1.40. The number of aliphatic hydroxyl groups is 1. The van der Waals surface area contributed by atoms with E-state index in [0.717, 1.165) is 61.9 Å². The van der Waals surface area contributed by atoms with Crippen molar-refractivity contribution >= 4 is 0 Å². The van der Waals surface area contributed by atoms with E-state index < -0.39 is 0 Å². The molecule has 1 aromatic carbocycles. The van der Waals surface area contributed by atoms with Crippen molar-refractivity contribution in [1.29, 1.82) is 0 Å². The number of likely N-dealkylation sites (tertiary alicyclic amines) is 1. The van der Waals surface area contributed by atoms with Crippen LogP contribution >= 0.6 is 0 Å². The van der Waals surface area contributed by atoms with Crippen LogP contribution in [0.1, 0.15) is 36.0 Å². The number of piperidine rings is 1. The van der Waals surface area contributed by atoms with Crippen LogP contribution in [0.2, 0.25) is 0 Å². The smallest absolute Gasteiger partial charge is 0.163 e. The van der Waals surface area contributed by atoms with Gasteiger partial charge in [0.25, 0.3) is 0 Å². The molecule has 1 aliphatic heterocycles. The molecule has 1 fully saturated rings. The van der Waals surface area contributed by atoms with Gasteiger partial charge < -0.3 is 9.52 Å². The minimum Gasteiger partial charge on any atom is -0.465 e. The van der Waals surface area contributed by atoms with Crippen LogP contribution in [-0.2, 0) is 19.6 Å². The van der Waals surface area contributed by atoms with E-state index in [4.69, 9.17) is 4.42 Å². The van der Waals surface area contributed by atoms with E-state index in [-0.39, 0.29) is 6.61 Å². The Morgan fingerprint density at radius 1 is 1.04 bits per heavy atom. The van der Waals surface area contributed by atoms with Crippen LogP contribution in [0.25, 0.3) is 5.69 Å². The van der Waals surface area contributed by atoms with Crippen LogP contribution in [0, 0.1) is 12.8 Å². The zero-order chi connectivity index (χ0) is 18.6. The van der Waals surface area contributed by atoms with Crippen LogP contribution in [0.15, 0.2) is 46.9 Å². The van der Waals surface area contributed by atoms with Gasteiger partial charge in [0.05, 0.1) is 6.54 Å². The van der Waals surface area contributed by atoms with Crippen LogP contribution in [-0.4, -0.2) is 37.9 Å². The number of rotatable bonds is 6. The van der Waals surface area contributed by atoms with Crippen molar-refractivity contribution in [2.75, 3.05) is 13.1 Å². The van der Waals surface area contributed by atoms with Crippen LogP contribution in [0.3, 0.4) is 0 Å². The van der Waals surface area contributed by atoms with Gasteiger partial charge in [-0.3, -0.25) is 9.47 Å². The first-order valence-electron chi connectivity index (χ1n) is 9.60. The van der Waals surface area contributed by atoms with Gasteiger partial charge in [-0.25, -0.2) is 0 Å². The lowest BCUT2D eigenvalue weighted by atomic mass is 9.93. The number of furan rings is 1. The molecule has 6 heteroatoms. The Morgan fingerprint density at radius 2 is 1.78 bits per heavy atom. The van der Waals surface area contributed by atoms with Gasteiger partial charge in [-0.1, -0.05) is 18.2 Å². The fraction of sp³-hybridized carbons (Fsp3) is 0.429. The van der Waals surface area contributed by atoms with Crippen molar-refractivity contribution in [3.63, 3.8) is 0 Å². The average Bonchev–Trinajstić information content (AvgIpc) is 3.29. The summed E-state index contributed by atoms with van der Waals surface area (Å²) in [6.07, 6.45) is 3.15. The van der Waals surface area contributed by atoms with Gasteiger partial charge >= 0.3 is 0 Å². The van der Waals surface area contributed by atoms with Crippen LogP contribution < -0.4 is 0 Å². The van der Waals surface area contributed by atoms with E-state index in [1.165, 1.54) is 0 Å². The summed E-state index contributed by atoms with van der Waals surface area (Å²) in [4.78, 5) is 2.45. The van der Waals surface area contributed by atoms with Gasteiger partial charge in [0.1, 0.15) is 24.0 Å². The minimum absolute atomic E-state index is 0.108. The Kier molecular flexibility index (Phi) is 5.36. The van der Waals surface area contributed by atoms with E-state index in [2.05, 4.69) is 21.2 Å². The monoisotopic (exact) mass is 366 g/mol. The Morgan fingerprint density at radius 3 is 2.44 bits per heavy atom.